The molecule has 0 amide bonds. The predicted octanol–water partition coefficient (Wildman–Crippen LogP) is 3.38. The van der Waals surface area contributed by atoms with Crippen molar-refractivity contribution in [1.82, 2.24) is 0 Å². The summed E-state index contributed by atoms with van der Waals surface area (Å²) in [6.45, 7) is 9.08. The predicted molar refractivity (Wildman–Crippen MR) is 65.0 cm³/mol. The molecule has 2 heteroatoms. The van der Waals surface area contributed by atoms with Crippen LogP contribution in [0.4, 0.5) is 0 Å². The highest BCUT2D eigenvalue weighted by molar-refractivity contribution is 4.75. The molecule has 0 aliphatic heterocycles. The number of aliphatic hydroxyl groups excluding tert-OH is 1. The van der Waals surface area contributed by atoms with Crippen molar-refractivity contribution in [3.63, 3.8) is 0 Å². The van der Waals surface area contributed by atoms with Crippen LogP contribution in [0.25, 0.3) is 0 Å². The zero-order valence-electron chi connectivity index (χ0n) is 11.1. The largest absolute Gasteiger partial charge is 0.396 e. The molecule has 0 aliphatic rings. The average molecular weight is 216 g/mol. The number of rotatable bonds is 8. The van der Waals surface area contributed by atoms with Crippen molar-refractivity contribution < 1.29 is 9.84 Å². The summed E-state index contributed by atoms with van der Waals surface area (Å²) in [5.41, 5.74) is 0.298. The van der Waals surface area contributed by atoms with Crippen LogP contribution in [0.2, 0.25) is 0 Å². The molecule has 0 heterocycles. The fourth-order valence-corrected chi connectivity index (χ4v) is 1.79. The van der Waals surface area contributed by atoms with E-state index >= 15 is 0 Å². The first-order valence-corrected chi connectivity index (χ1v) is 6.05. The van der Waals surface area contributed by atoms with Crippen LogP contribution in [0.1, 0.15) is 59.8 Å². The van der Waals surface area contributed by atoms with E-state index in [-0.39, 0.29) is 11.0 Å². The summed E-state index contributed by atoms with van der Waals surface area (Å²) >= 11 is 0. The maximum absolute atomic E-state index is 8.93. The van der Waals surface area contributed by atoms with Gasteiger partial charge in [-0.25, -0.2) is 0 Å². The van der Waals surface area contributed by atoms with Crippen LogP contribution >= 0.6 is 0 Å². The first-order chi connectivity index (χ1) is 6.89. The van der Waals surface area contributed by atoms with E-state index in [1.54, 1.807) is 7.11 Å². The van der Waals surface area contributed by atoms with Gasteiger partial charge >= 0.3 is 0 Å². The fraction of sp³-hybridized carbons (Fsp3) is 1.00. The van der Waals surface area contributed by atoms with Gasteiger partial charge in [-0.15, -0.1) is 0 Å². The van der Waals surface area contributed by atoms with Crippen LogP contribution in [-0.4, -0.2) is 24.4 Å². The van der Waals surface area contributed by atoms with Gasteiger partial charge in [0.05, 0.1) is 5.60 Å². The Bertz CT molecular complexity index is 160. The molecule has 0 aliphatic carbocycles. The molecule has 0 saturated heterocycles. The third-order valence-corrected chi connectivity index (χ3v) is 3.59. The molecule has 0 bridgehead atoms. The van der Waals surface area contributed by atoms with Gasteiger partial charge in [0.25, 0.3) is 0 Å². The van der Waals surface area contributed by atoms with Gasteiger partial charge < -0.3 is 9.84 Å². The zero-order valence-corrected chi connectivity index (χ0v) is 11.1. The van der Waals surface area contributed by atoms with Gasteiger partial charge in [-0.05, 0) is 38.0 Å². The monoisotopic (exact) mass is 216 g/mol. The van der Waals surface area contributed by atoms with Crippen LogP contribution in [0.5, 0.6) is 0 Å². The van der Waals surface area contributed by atoms with Crippen LogP contribution in [-0.2, 0) is 4.74 Å². The van der Waals surface area contributed by atoms with Crippen LogP contribution in [0.15, 0.2) is 0 Å². The lowest BCUT2D eigenvalue weighted by Crippen LogP contribution is -2.26. The van der Waals surface area contributed by atoms with E-state index in [9.17, 15) is 0 Å². The molecule has 92 valence electrons. The summed E-state index contributed by atoms with van der Waals surface area (Å²) in [7, 11) is 1.79. The van der Waals surface area contributed by atoms with E-state index in [1.807, 2.05) is 0 Å². The maximum atomic E-state index is 8.93. The van der Waals surface area contributed by atoms with E-state index in [0.717, 1.165) is 25.7 Å². The minimum absolute atomic E-state index is 0.0370. The molecular weight excluding hydrogens is 188 g/mol. The minimum atomic E-state index is 0.0370. The molecule has 0 radical (unpaired) electrons. The zero-order chi connectivity index (χ0) is 11.9. The number of ether oxygens (including phenoxy) is 1. The van der Waals surface area contributed by atoms with E-state index in [4.69, 9.17) is 9.84 Å². The third-order valence-electron chi connectivity index (χ3n) is 3.59. The first kappa shape index (κ1) is 14.9. The lowest BCUT2D eigenvalue weighted by atomic mass is 9.82. The van der Waals surface area contributed by atoms with E-state index < -0.39 is 0 Å². The molecule has 1 N–H and O–H groups in total. The Labute approximate surface area is 95.0 Å². The molecule has 0 aromatic heterocycles. The van der Waals surface area contributed by atoms with Crippen molar-refractivity contribution in [3.05, 3.63) is 0 Å². The molecule has 1 unspecified atom stereocenters. The molecule has 0 spiro atoms. The first-order valence-electron chi connectivity index (χ1n) is 6.05. The second-order valence-corrected chi connectivity index (χ2v) is 5.50. The average Bonchev–Trinajstić information content (AvgIpc) is 2.17. The van der Waals surface area contributed by atoms with E-state index in [0.29, 0.717) is 6.61 Å². The van der Waals surface area contributed by atoms with Gasteiger partial charge in [-0.3, -0.25) is 0 Å². The molecule has 0 aromatic rings. The highest BCUT2D eigenvalue weighted by Gasteiger charge is 2.23. The van der Waals surface area contributed by atoms with Crippen molar-refractivity contribution in [3.8, 4) is 0 Å². The van der Waals surface area contributed by atoms with Crippen molar-refractivity contribution in [1.29, 1.82) is 0 Å². The van der Waals surface area contributed by atoms with Gasteiger partial charge in [0.1, 0.15) is 0 Å². The summed E-state index contributed by atoms with van der Waals surface area (Å²) in [5, 5.41) is 8.93. The topological polar surface area (TPSA) is 29.5 Å². The second kappa shape index (κ2) is 6.49. The normalized spacial score (nSPS) is 16.4. The summed E-state index contributed by atoms with van der Waals surface area (Å²) in [6, 6.07) is 0. The van der Waals surface area contributed by atoms with Gasteiger partial charge in [-0.1, -0.05) is 27.2 Å². The Kier molecular flexibility index (Phi) is 6.46. The van der Waals surface area contributed by atoms with Gasteiger partial charge in [-0.2, -0.15) is 0 Å². The molecule has 0 aromatic carbocycles. The van der Waals surface area contributed by atoms with Gasteiger partial charge in [0, 0.05) is 13.7 Å². The maximum Gasteiger partial charge on any atom is 0.0648 e. The highest BCUT2D eigenvalue weighted by Crippen LogP contribution is 2.30. The summed E-state index contributed by atoms with van der Waals surface area (Å²) in [5.74, 6) is 0. The molecule has 0 rings (SSSR count). The molecule has 2 nitrogen and oxygen atoms in total. The Morgan fingerprint density at radius 2 is 1.67 bits per heavy atom. The Hall–Kier alpha value is -0.0800. The standard InChI is InChI=1S/C13H28O2/c1-6-13(4,15-5)9-7-8-12(2,3)10-11-14/h14H,6-11H2,1-5H3. The third kappa shape index (κ3) is 6.16. The lowest BCUT2D eigenvalue weighted by Gasteiger charge is -2.29. The van der Waals surface area contributed by atoms with Crippen LogP contribution in [0.3, 0.4) is 0 Å². The number of methoxy groups -OCH3 is 1. The second-order valence-electron chi connectivity index (χ2n) is 5.50. The quantitative estimate of drug-likeness (QED) is 0.674. The molecule has 1 atom stereocenters. The Balaban J connectivity index is 3.87. The summed E-state index contributed by atoms with van der Waals surface area (Å²) in [4.78, 5) is 0. The highest BCUT2D eigenvalue weighted by atomic mass is 16.5. The fourth-order valence-electron chi connectivity index (χ4n) is 1.79. The molecule has 15 heavy (non-hydrogen) atoms. The molecule has 0 fully saturated rings. The van der Waals surface area contributed by atoms with Crippen molar-refractivity contribution in [2.45, 2.75) is 65.4 Å². The number of hydrogen-bond donors (Lipinski definition) is 1. The Morgan fingerprint density at radius 3 is 2.07 bits per heavy atom. The van der Waals surface area contributed by atoms with Gasteiger partial charge in [0.2, 0.25) is 0 Å². The van der Waals surface area contributed by atoms with E-state index in [2.05, 4.69) is 27.7 Å². The van der Waals surface area contributed by atoms with Crippen LogP contribution in [0, 0.1) is 5.41 Å². The van der Waals surface area contributed by atoms with Crippen molar-refractivity contribution in [2.24, 2.45) is 5.41 Å². The Morgan fingerprint density at radius 1 is 1.07 bits per heavy atom. The SMILES string of the molecule is CCC(C)(CCCC(C)(C)CCO)OC. The minimum Gasteiger partial charge on any atom is -0.396 e. The van der Waals surface area contributed by atoms with Crippen molar-refractivity contribution >= 4 is 0 Å². The summed E-state index contributed by atoms with van der Waals surface area (Å²) < 4.78 is 5.51. The summed E-state index contributed by atoms with van der Waals surface area (Å²) in [6.07, 6.45) is 5.39. The van der Waals surface area contributed by atoms with Crippen LogP contribution < -0.4 is 0 Å². The number of hydrogen-bond acceptors (Lipinski definition) is 2. The van der Waals surface area contributed by atoms with Crippen molar-refractivity contribution in [2.75, 3.05) is 13.7 Å². The smallest absolute Gasteiger partial charge is 0.0648 e. The number of aliphatic hydroxyl groups is 1. The molecular formula is C13H28O2. The van der Waals surface area contributed by atoms with E-state index in [1.165, 1.54) is 6.42 Å². The lowest BCUT2D eigenvalue weighted by molar-refractivity contribution is -0.00823. The van der Waals surface area contributed by atoms with Gasteiger partial charge in [0.15, 0.2) is 0 Å². The molecule has 0 saturated carbocycles.